The lowest BCUT2D eigenvalue weighted by molar-refractivity contribution is -0.133. The Bertz CT molecular complexity index is 308. The topological polar surface area (TPSA) is 35.6 Å². The highest BCUT2D eigenvalue weighted by molar-refractivity contribution is 5.84. The Kier molecular flexibility index (Phi) is 5.22. The van der Waals surface area contributed by atoms with E-state index in [1.165, 1.54) is 13.0 Å². The minimum Gasteiger partial charge on any atom is -0.322 e. The second-order valence-electron chi connectivity index (χ2n) is 6.09. The summed E-state index contributed by atoms with van der Waals surface area (Å²) in [6.07, 6.45) is 6.92. The number of carbonyl (C=O) groups excluding carboxylic acids is 1. The van der Waals surface area contributed by atoms with Crippen LogP contribution in [0.2, 0.25) is 0 Å². The average Bonchev–Trinajstić information content (AvgIpc) is 2.73. The van der Waals surface area contributed by atoms with Crippen LogP contribution in [0.25, 0.3) is 0 Å². The largest absolute Gasteiger partial charge is 0.322 e. The van der Waals surface area contributed by atoms with Crippen molar-refractivity contribution < 1.29 is 4.79 Å². The van der Waals surface area contributed by atoms with Gasteiger partial charge in [-0.1, -0.05) is 26.7 Å². The predicted octanol–water partition coefficient (Wildman–Crippen LogP) is 1.81. The number of hydrogen-bond acceptors (Lipinski definition) is 3. The molecule has 0 saturated carbocycles. The van der Waals surface area contributed by atoms with Gasteiger partial charge in [0.15, 0.2) is 0 Å². The summed E-state index contributed by atoms with van der Waals surface area (Å²) in [6.45, 7) is 6.56. The molecule has 2 fully saturated rings. The monoisotopic (exact) mass is 267 g/mol. The van der Waals surface area contributed by atoms with Crippen LogP contribution in [0.3, 0.4) is 0 Å². The Morgan fingerprint density at radius 1 is 1.37 bits per heavy atom. The first-order valence-electron chi connectivity index (χ1n) is 7.94. The number of piperidine rings is 1. The van der Waals surface area contributed by atoms with E-state index in [-0.39, 0.29) is 12.2 Å². The SMILES string of the molecule is CCCCC1NC(CC)N(C2CCCN(C)C2)C1=O. The van der Waals surface area contributed by atoms with E-state index in [1.54, 1.807) is 0 Å². The highest BCUT2D eigenvalue weighted by atomic mass is 16.2. The van der Waals surface area contributed by atoms with Gasteiger partial charge >= 0.3 is 0 Å². The van der Waals surface area contributed by atoms with Crippen LogP contribution in [-0.2, 0) is 4.79 Å². The van der Waals surface area contributed by atoms with Crippen LogP contribution in [-0.4, -0.2) is 54.1 Å². The third kappa shape index (κ3) is 3.29. The summed E-state index contributed by atoms with van der Waals surface area (Å²) in [5.41, 5.74) is 0. The molecule has 0 spiro atoms. The summed E-state index contributed by atoms with van der Waals surface area (Å²) in [5, 5.41) is 3.55. The molecular formula is C15H29N3O. The van der Waals surface area contributed by atoms with Crippen LogP contribution in [0.5, 0.6) is 0 Å². The van der Waals surface area contributed by atoms with Gasteiger partial charge in [-0.15, -0.1) is 0 Å². The van der Waals surface area contributed by atoms with Gasteiger partial charge in [-0.05, 0) is 39.3 Å². The highest BCUT2D eigenvalue weighted by Crippen LogP contribution is 2.24. The maximum Gasteiger partial charge on any atom is 0.241 e. The molecule has 2 saturated heterocycles. The molecule has 1 amide bonds. The maximum atomic E-state index is 12.6. The molecule has 19 heavy (non-hydrogen) atoms. The molecule has 0 aliphatic carbocycles. The first-order chi connectivity index (χ1) is 9.17. The maximum absolute atomic E-state index is 12.6. The van der Waals surface area contributed by atoms with Crippen LogP contribution in [0.4, 0.5) is 0 Å². The molecule has 2 aliphatic rings. The highest BCUT2D eigenvalue weighted by Gasteiger charge is 2.41. The standard InChI is InChI=1S/C15H29N3O/c1-4-6-9-13-15(19)18(14(5-2)16-13)12-8-7-10-17(3)11-12/h12-14,16H,4-11H2,1-3H3. The van der Waals surface area contributed by atoms with E-state index in [0.29, 0.717) is 11.9 Å². The number of nitrogens with one attached hydrogen (secondary N) is 1. The molecule has 0 aromatic rings. The van der Waals surface area contributed by atoms with Crippen molar-refractivity contribution in [2.75, 3.05) is 20.1 Å². The van der Waals surface area contributed by atoms with Crippen LogP contribution in [0.15, 0.2) is 0 Å². The van der Waals surface area contributed by atoms with Crippen molar-refractivity contribution in [1.29, 1.82) is 0 Å². The van der Waals surface area contributed by atoms with Gasteiger partial charge in [0.05, 0.1) is 12.2 Å². The van der Waals surface area contributed by atoms with Crippen molar-refractivity contribution >= 4 is 5.91 Å². The van der Waals surface area contributed by atoms with Crippen molar-refractivity contribution in [3.05, 3.63) is 0 Å². The molecule has 0 radical (unpaired) electrons. The Hall–Kier alpha value is -0.610. The molecule has 0 bridgehead atoms. The minimum atomic E-state index is 0.0668. The van der Waals surface area contributed by atoms with E-state index in [0.717, 1.165) is 38.6 Å². The molecule has 4 nitrogen and oxygen atoms in total. The van der Waals surface area contributed by atoms with Crippen molar-refractivity contribution in [3.8, 4) is 0 Å². The molecule has 2 heterocycles. The fourth-order valence-corrected chi connectivity index (χ4v) is 3.45. The second kappa shape index (κ2) is 6.71. The molecule has 0 aromatic heterocycles. The van der Waals surface area contributed by atoms with E-state index in [4.69, 9.17) is 0 Å². The number of rotatable bonds is 5. The summed E-state index contributed by atoms with van der Waals surface area (Å²) >= 11 is 0. The number of hydrogen-bond donors (Lipinski definition) is 1. The van der Waals surface area contributed by atoms with Gasteiger partial charge in [-0.2, -0.15) is 0 Å². The van der Waals surface area contributed by atoms with E-state index in [9.17, 15) is 4.79 Å². The molecule has 0 aromatic carbocycles. The summed E-state index contributed by atoms with van der Waals surface area (Å²) < 4.78 is 0. The number of likely N-dealkylation sites (tertiary alicyclic amines) is 1. The van der Waals surface area contributed by atoms with Gasteiger partial charge in [-0.3, -0.25) is 10.1 Å². The fraction of sp³-hybridized carbons (Fsp3) is 0.933. The van der Waals surface area contributed by atoms with Crippen molar-refractivity contribution in [2.24, 2.45) is 0 Å². The smallest absolute Gasteiger partial charge is 0.241 e. The van der Waals surface area contributed by atoms with Gasteiger partial charge in [0.25, 0.3) is 0 Å². The quantitative estimate of drug-likeness (QED) is 0.825. The van der Waals surface area contributed by atoms with Gasteiger partial charge < -0.3 is 9.80 Å². The lowest BCUT2D eigenvalue weighted by atomic mass is 10.0. The normalized spacial score (nSPS) is 33.1. The molecule has 110 valence electrons. The third-order valence-electron chi connectivity index (χ3n) is 4.51. The molecule has 2 rings (SSSR count). The zero-order chi connectivity index (χ0) is 13.8. The van der Waals surface area contributed by atoms with Crippen molar-refractivity contribution in [1.82, 2.24) is 15.1 Å². The number of nitrogens with zero attached hydrogens (tertiary/aromatic N) is 2. The predicted molar refractivity (Wildman–Crippen MR) is 77.9 cm³/mol. The summed E-state index contributed by atoms with van der Waals surface area (Å²) in [6, 6.07) is 0.479. The Labute approximate surface area is 117 Å². The van der Waals surface area contributed by atoms with Crippen molar-refractivity contribution in [3.63, 3.8) is 0 Å². The Morgan fingerprint density at radius 3 is 2.79 bits per heavy atom. The Morgan fingerprint density at radius 2 is 2.16 bits per heavy atom. The first kappa shape index (κ1) is 14.8. The van der Waals surface area contributed by atoms with Gasteiger partial charge in [-0.25, -0.2) is 0 Å². The van der Waals surface area contributed by atoms with E-state index in [1.807, 2.05) is 0 Å². The number of amides is 1. The molecule has 2 aliphatic heterocycles. The third-order valence-corrected chi connectivity index (χ3v) is 4.51. The van der Waals surface area contributed by atoms with Crippen LogP contribution in [0.1, 0.15) is 52.4 Å². The lowest BCUT2D eigenvalue weighted by Crippen LogP contribution is -2.51. The zero-order valence-corrected chi connectivity index (χ0v) is 12.7. The van der Waals surface area contributed by atoms with Crippen molar-refractivity contribution in [2.45, 2.75) is 70.6 Å². The van der Waals surface area contributed by atoms with Crippen LogP contribution < -0.4 is 5.32 Å². The number of unbranched alkanes of at least 4 members (excludes halogenated alkanes) is 1. The van der Waals surface area contributed by atoms with Crippen LogP contribution >= 0.6 is 0 Å². The Balaban J connectivity index is 2.02. The number of likely N-dealkylation sites (N-methyl/N-ethyl adjacent to an activating group) is 1. The molecular weight excluding hydrogens is 238 g/mol. The van der Waals surface area contributed by atoms with E-state index in [2.05, 4.69) is 36.0 Å². The summed E-state index contributed by atoms with van der Waals surface area (Å²) in [5.74, 6) is 0.348. The number of carbonyl (C=O) groups is 1. The molecule has 3 atom stereocenters. The summed E-state index contributed by atoms with van der Waals surface area (Å²) in [4.78, 5) is 17.1. The average molecular weight is 267 g/mol. The minimum absolute atomic E-state index is 0.0668. The second-order valence-corrected chi connectivity index (χ2v) is 6.09. The van der Waals surface area contributed by atoms with Crippen LogP contribution in [0, 0.1) is 0 Å². The molecule has 1 N–H and O–H groups in total. The van der Waals surface area contributed by atoms with E-state index >= 15 is 0 Å². The fourth-order valence-electron chi connectivity index (χ4n) is 3.45. The lowest BCUT2D eigenvalue weighted by Gasteiger charge is -2.38. The van der Waals surface area contributed by atoms with E-state index < -0.39 is 0 Å². The van der Waals surface area contributed by atoms with Gasteiger partial charge in [0, 0.05) is 12.6 Å². The molecule has 4 heteroatoms. The summed E-state index contributed by atoms with van der Waals surface area (Å²) in [7, 11) is 2.16. The first-order valence-corrected chi connectivity index (χ1v) is 7.94. The van der Waals surface area contributed by atoms with Gasteiger partial charge in [0.1, 0.15) is 0 Å². The zero-order valence-electron chi connectivity index (χ0n) is 12.7. The van der Waals surface area contributed by atoms with Gasteiger partial charge in [0.2, 0.25) is 5.91 Å². The molecule has 3 unspecified atom stereocenters.